The number of para-hydroxylation sites is 1. The molecule has 3 rings (SSSR count). The molecule has 0 aliphatic heterocycles. The van der Waals surface area contributed by atoms with Crippen LogP contribution in [0.5, 0.6) is 0 Å². The van der Waals surface area contributed by atoms with E-state index in [2.05, 4.69) is 35.3 Å². The van der Waals surface area contributed by atoms with Gasteiger partial charge in [-0.1, -0.05) is 0 Å². The second-order valence-corrected chi connectivity index (χ2v) is 6.87. The molecule has 1 aromatic heterocycles. The van der Waals surface area contributed by atoms with Crippen LogP contribution in [0.25, 0.3) is 18.2 Å². The van der Waals surface area contributed by atoms with Gasteiger partial charge in [0.25, 0.3) is 0 Å². The van der Waals surface area contributed by atoms with Crippen molar-refractivity contribution >= 4 is 41.0 Å². The van der Waals surface area contributed by atoms with Gasteiger partial charge in [0.2, 0.25) is 0 Å². The zero-order valence-corrected chi connectivity index (χ0v) is 11.4. The first-order valence-electron chi connectivity index (χ1n) is 4.94. The number of halogens is 1. The predicted molar refractivity (Wildman–Crippen MR) is 69.1 cm³/mol. The van der Waals surface area contributed by atoms with E-state index in [0.717, 1.165) is 10.5 Å². The molecule has 0 fully saturated rings. The molecule has 0 aliphatic rings. The van der Waals surface area contributed by atoms with Crippen molar-refractivity contribution in [1.29, 1.82) is 0 Å². The SMILES string of the molecule is Clc1ccc(-c2nc3ccccc3[te]2)cc1. The number of aromatic nitrogens is 1. The van der Waals surface area contributed by atoms with Gasteiger partial charge < -0.3 is 0 Å². The zero-order valence-electron chi connectivity index (χ0n) is 8.35. The quantitative estimate of drug-likeness (QED) is 0.616. The topological polar surface area (TPSA) is 12.9 Å². The minimum absolute atomic E-state index is 0.314. The van der Waals surface area contributed by atoms with E-state index in [1.807, 2.05) is 18.2 Å². The van der Waals surface area contributed by atoms with E-state index in [1.165, 1.54) is 12.7 Å². The van der Waals surface area contributed by atoms with Crippen LogP contribution in [-0.2, 0) is 0 Å². The van der Waals surface area contributed by atoms with E-state index in [1.54, 1.807) is 0 Å². The molecule has 0 unspecified atom stereocenters. The van der Waals surface area contributed by atoms with Gasteiger partial charge in [0.05, 0.1) is 0 Å². The number of nitrogens with zero attached hydrogens (tertiary/aromatic N) is 1. The van der Waals surface area contributed by atoms with Crippen LogP contribution in [0.15, 0.2) is 48.5 Å². The van der Waals surface area contributed by atoms with Gasteiger partial charge in [0.15, 0.2) is 0 Å². The van der Waals surface area contributed by atoms with Crippen molar-refractivity contribution in [3.63, 3.8) is 0 Å². The van der Waals surface area contributed by atoms with Gasteiger partial charge in [-0.3, -0.25) is 0 Å². The van der Waals surface area contributed by atoms with Crippen LogP contribution >= 0.6 is 11.6 Å². The molecule has 0 saturated carbocycles. The molecule has 0 N–H and O–H groups in total. The van der Waals surface area contributed by atoms with Crippen molar-refractivity contribution in [2.75, 3.05) is 0 Å². The molecular weight excluding hydrogens is 333 g/mol. The summed E-state index contributed by atoms with van der Waals surface area (Å²) >= 11 is 5.56. The summed E-state index contributed by atoms with van der Waals surface area (Å²) in [4.78, 5) is 4.68. The van der Waals surface area contributed by atoms with E-state index in [9.17, 15) is 0 Å². The summed E-state index contributed by atoms with van der Waals surface area (Å²) in [6.45, 7) is 0. The Morgan fingerprint density at radius 1 is 0.938 bits per heavy atom. The average Bonchev–Trinajstić information content (AvgIpc) is 2.73. The summed E-state index contributed by atoms with van der Waals surface area (Å²) < 4.78 is 2.68. The van der Waals surface area contributed by atoms with Gasteiger partial charge >= 0.3 is 109 Å². The molecule has 1 heterocycles. The Labute approximate surface area is 108 Å². The fourth-order valence-corrected chi connectivity index (χ4v) is 4.49. The predicted octanol–water partition coefficient (Wildman–Crippen LogP) is 3.61. The van der Waals surface area contributed by atoms with Crippen molar-refractivity contribution in [3.8, 4) is 9.27 Å². The Kier molecular flexibility index (Phi) is 2.73. The Bertz CT molecular complexity index is 595. The van der Waals surface area contributed by atoms with Crippen molar-refractivity contribution in [3.05, 3.63) is 53.6 Å². The molecule has 2 aromatic carbocycles. The molecule has 3 heteroatoms. The Morgan fingerprint density at radius 3 is 2.44 bits per heavy atom. The third kappa shape index (κ3) is 1.89. The zero-order chi connectivity index (χ0) is 11.0. The first-order valence-corrected chi connectivity index (χ1v) is 7.65. The van der Waals surface area contributed by atoms with Gasteiger partial charge in [-0.05, 0) is 0 Å². The molecule has 0 amide bonds. The fraction of sp³-hybridized carbons (Fsp3) is 0. The monoisotopic (exact) mass is 343 g/mol. The molecular formula is C13H8ClNTe. The van der Waals surface area contributed by atoms with Crippen LogP contribution in [0, 0.1) is 0 Å². The Hall–Kier alpha value is -0.810. The van der Waals surface area contributed by atoms with Crippen LogP contribution in [0.3, 0.4) is 0 Å². The molecule has 3 aromatic rings. The number of rotatable bonds is 1. The number of hydrogen-bond acceptors (Lipinski definition) is 1. The first kappa shape index (κ1) is 10.4. The van der Waals surface area contributed by atoms with Crippen molar-refractivity contribution < 1.29 is 0 Å². The summed E-state index contributed by atoms with van der Waals surface area (Å²) in [6, 6.07) is 16.4. The summed E-state index contributed by atoms with van der Waals surface area (Å²) in [5.41, 5.74) is 2.36. The first-order chi connectivity index (χ1) is 7.83. The summed E-state index contributed by atoms with van der Waals surface area (Å²) in [7, 11) is 0. The fourth-order valence-electron chi connectivity index (χ4n) is 1.59. The summed E-state index contributed by atoms with van der Waals surface area (Å²) in [5.74, 6) is 0. The van der Waals surface area contributed by atoms with Gasteiger partial charge in [0.1, 0.15) is 0 Å². The van der Waals surface area contributed by atoms with E-state index < -0.39 is 0 Å². The molecule has 0 saturated heterocycles. The number of hydrogen-bond donors (Lipinski definition) is 0. The second kappa shape index (κ2) is 4.22. The number of fused-ring (bicyclic) bond motifs is 1. The third-order valence-electron chi connectivity index (χ3n) is 2.39. The second-order valence-electron chi connectivity index (χ2n) is 3.49. The normalized spacial score (nSPS) is 10.8. The van der Waals surface area contributed by atoms with Gasteiger partial charge in [-0.2, -0.15) is 0 Å². The van der Waals surface area contributed by atoms with Gasteiger partial charge in [-0.25, -0.2) is 0 Å². The molecule has 0 aliphatic carbocycles. The molecule has 16 heavy (non-hydrogen) atoms. The minimum atomic E-state index is -0.314. The maximum absolute atomic E-state index is 5.88. The average molecular weight is 341 g/mol. The van der Waals surface area contributed by atoms with Crippen molar-refractivity contribution in [2.24, 2.45) is 0 Å². The number of benzene rings is 2. The standard InChI is InChI=1S/C13H8ClNTe/c14-10-7-5-9(6-8-10)13-15-11-3-1-2-4-12(11)16-13/h1-8H. The maximum atomic E-state index is 5.88. The molecule has 0 bridgehead atoms. The Morgan fingerprint density at radius 2 is 1.69 bits per heavy atom. The Balaban J connectivity index is 2.15. The summed E-state index contributed by atoms with van der Waals surface area (Å²) in [5, 5.41) is 0.778. The van der Waals surface area contributed by atoms with Crippen LogP contribution in [0.1, 0.15) is 0 Å². The van der Waals surface area contributed by atoms with Crippen molar-refractivity contribution in [2.45, 2.75) is 0 Å². The molecule has 0 spiro atoms. The van der Waals surface area contributed by atoms with Crippen LogP contribution in [0.4, 0.5) is 0 Å². The van der Waals surface area contributed by atoms with E-state index >= 15 is 0 Å². The van der Waals surface area contributed by atoms with Crippen LogP contribution < -0.4 is 0 Å². The van der Waals surface area contributed by atoms with Gasteiger partial charge in [0, 0.05) is 0 Å². The third-order valence-corrected chi connectivity index (χ3v) is 5.74. The molecule has 1 nitrogen and oxygen atoms in total. The van der Waals surface area contributed by atoms with E-state index in [4.69, 9.17) is 11.6 Å². The van der Waals surface area contributed by atoms with Crippen molar-refractivity contribution in [1.82, 2.24) is 4.98 Å². The molecule has 0 atom stereocenters. The van der Waals surface area contributed by atoms with Crippen LogP contribution in [-0.4, -0.2) is 25.4 Å². The van der Waals surface area contributed by atoms with E-state index in [0.29, 0.717) is 0 Å². The molecule has 78 valence electrons. The summed E-state index contributed by atoms with van der Waals surface area (Å²) in [6.07, 6.45) is 0. The van der Waals surface area contributed by atoms with E-state index in [-0.39, 0.29) is 20.4 Å². The van der Waals surface area contributed by atoms with Gasteiger partial charge in [-0.15, -0.1) is 0 Å². The molecule has 0 radical (unpaired) electrons. The van der Waals surface area contributed by atoms with Crippen LogP contribution in [0.2, 0.25) is 5.02 Å².